The topological polar surface area (TPSA) is 75.7 Å². The molecular formula is C19H22Cl2N2O4S. The fraction of sp³-hybridized carbons (Fsp3) is 0.316. The van der Waals surface area contributed by atoms with Gasteiger partial charge in [0.1, 0.15) is 10.6 Å². The number of nitrogens with one attached hydrogen (secondary N) is 1. The van der Waals surface area contributed by atoms with Gasteiger partial charge in [0.05, 0.1) is 24.4 Å². The maximum atomic E-state index is 13.0. The molecule has 0 radical (unpaired) electrons. The molecule has 0 atom stereocenters. The molecule has 0 bridgehead atoms. The van der Waals surface area contributed by atoms with Crippen molar-refractivity contribution < 1.29 is 17.9 Å². The van der Waals surface area contributed by atoms with Gasteiger partial charge in [-0.05, 0) is 41.8 Å². The average Bonchev–Trinajstić information content (AvgIpc) is 2.63. The predicted octanol–water partition coefficient (Wildman–Crippen LogP) is 4.38. The number of benzene rings is 2. The SMILES string of the molecule is COc1ccc(C(C)C)cc1S(=O)(=O)N(C)CC(=O)Nc1cc(Cl)ccc1Cl. The lowest BCUT2D eigenvalue weighted by atomic mass is 10.0. The van der Waals surface area contributed by atoms with Crippen molar-refractivity contribution in [3.8, 4) is 5.75 Å². The third-order valence-corrected chi connectivity index (χ3v) is 6.50. The van der Waals surface area contributed by atoms with Crippen LogP contribution in [-0.4, -0.2) is 39.3 Å². The minimum atomic E-state index is -3.95. The van der Waals surface area contributed by atoms with Crippen LogP contribution in [0.3, 0.4) is 0 Å². The predicted molar refractivity (Wildman–Crippen MR) is 112 cm³/mol. The van der Waals surface area contributed by atoms with Crippen LogP contribution in [0.4, 0.5) is 5.69 Å². The largest absolute Gasteiger partial charge is 0.495 e. The quantitative estimate of drug-likeness (QED) is 0.686. The fourth-order valence-corrected chi connectivity index (χ4v) is 4.14. The number of amides is 1. The van der Waals surface area contributed by atoms with E-state index in [9.17, 15) is 13.2 Å². The number of hydrogen-bond acceptors (Lipinski definition) is 4. The lowest BCUT2D eigenvalue weighted by Crippen LogP contribution is -2.35. The molecule has 28 heavy (non-hydrogen) atoms. The fourth-order valence-electron chi connectivity index (χ4n) is 2.49. The van der Waals surface area contributed by atoms with Crippen LogP contribution in [0.5, 0.6) is 5.75 Å². The normalized spacial score (nSPS) is 11.7. The molecule has 152 valence electrons. The highest BCUT2D eigenvalue weighted by atomic mass is 35.5. The van der Waals surface area contributed by atoms with Gasteiger partial charge < -0.3 is 10.1 Å². The maximum Gasteiger partial charge on any atom is 0.246 e. The Morgan fingerprint density at radius 3 is 2.46 bits per heavy atom. The molecule has 1 N–H and O–H groups in total. The van der Waals surface area contributed by atoms with E-state index in [2.05, 4.69) is 5.32 Å². The summed E-state index contributed by atoms with van der Waals surface area (Å²) in [5, 5.41) is 3.27. The number of hydrogen-bond donors (Lipinski definition) is 1. The standard InChI is InChI=1S/C19H22Cl2N2O4S/c1-12(2)13-5-8-17(27-4)18(9-13)28(25,26)23(3)11-19(24)22-16-10-14(20)6-7-15(16)21/h5-10,12H,11H2,1-4H3,(H,22,24). The molecule has 1 amide bonds. The highest BCUT2D eigenvalue weighted by Gasteiger charge is 2.27. The molecule has 2 aromatic carbocycles. The molecule has 0 fully saturated rings. The van der Waals surface area contributed by atoms with Crippen molar-refractivity contribution in [1.82, 2.24) is 4.31 Å². The smallest absolute Gasteiger partial charge is 0.246 e. The van der Waals surface area contributed by atoms with Crippen molar-refractivity contribution in [2.45, 2.75) is 24.7 Å². The number of carbonyl (C=O) groups is 1. The van der Waals surface area contributed by atoms with E-state index in [1.54, 1.807) is 24.3 Å². The van der Waals surface area contributed by atoms with Gasteiger partial charge in [-0.15, -0.1) is 0 Å². The number of anilines is 1. The van der Waals surface area contributed by atoms with Gasteiger partial charge in [0, 0.05) is 12.1 Å². The van der Waals surface area contributed by atoms with Crippen LogP contribution in [-0.2, 0) is 14.8 Å². The van der Waals surface area contributed by atoms with Crippen LogP contribution in [0, 0.1) is 0 Å². The van der Waals surface area contributed by atoms with Gasteiger partial charge in [0.15, 0.2) is 0 Å². The first-order valence-electron chi connectivity index (χ1n) is 8.45. The summed E-state index contributed by atoms with van der Waals surface area (Å²) in [7, 11) is -1.23. The van der Waals surface area contributed by atoms with Gasteiger partial charge >= 0.3 is 0 Å². The third-order valence-electron chi connectivity index (χ3n) is 4.11. The maximum absolute atomic E-state index is 13.0. The number of methoxy groups -OCH3 is 1. The van der Waals surface area contributed by atoms with E-state index in [-0.39, 0.29) is 16.6 Å². The lowest BCUT2D eigenvalue weighted by Gasteiger charge is -2.20. The second-order valence-electron chi connectivity index (χ2n) is 6.50. The van der Waals surface area contributed by atoms with Crippen LogP contribution in [0.1, 0.15) is 25.3 Å². The molecule has 0 aromatic heterocycles. The van der Waals surface area contributed by atoms with Crippen LogP contribution < -0.4 is 10.1 Å². The summed E-state index contributed by atoms with van der Waals surface area (Å²) in [6.07, 6.45) is 0. The first-order valence-corrected chi connectivity index (χ1v) is 10.6. The van der Waals surface area contributed by atoms with E-state index in [1.165, 1.54) is 20.2 Å². The Bertz CT molecular complexity index is 978. The van der Waals surface area contributed by atoms with Gasteiger partial charge in [-0.2, -0.15) is 4.31 Å². The summed E-state index contributed by atoms with van der Waals surface area (Å²) in [6, 6.07) is 9.62. The minimum Gasteiger partial charge on any atom is -0.495 e. The summed E-state index contributed by atoms with van der Waals surface area (Å²) in [5.41, 5.74) is 1.16. The summed E-state index contributed by atoms with van der Waals surface area (Å²) in [6.45, 7) is 3.52. The molecule has 0 spiro atoms. The number of sulfonamides is 1. The highest BCUT2D eigenvalue weighted by Crippen LogP contribution is 2.30. The molecule has 9 heteroatoms. The Hall–Kier alpha value is -1.80. The van der Waals surface area contributed by atoms with E-state index >= 15 is 0 Å². The van der Waals surface area contributed by atoms with E-state index in [0.29, 0.717) is 15.7 Å². The second-order valence-corrected chi connectivity index (χ2v) is 9.36. The number of nitrogens with zero attached hydrogens (tertiary/aromatic N) is 1. The van der Waals surface area contributed by atoms with Crippen molar-refractivity contribution >= 4 is 44.8 Å². The van der Waals surface area contributed by atoms with Crippen LogP contribution in [0.2, 0.25) is 10.0 Å². The van der Waals surface area contributed by atoms with Gasteiger partial charge in [-0.25, -0.2) is 8.42 Å². The second kappa shape index (κ2) is 9.13. The molecule has 2 aromatic rings. The summed E-state index contributed by atoms with van der Waals surface area (Å²) >= 11 is 11.9. The summed E-state index contributed by atoms with van der Waals surface area (Å²) < 4.78 is 32.2. The van der Waals surface area contributed by atoms with Gasteiger partial charge in [-0.3, -0.25) is 4.79 Å². The van der Waals surface area contributed by atoms with E-state index < -0.39 is 22.5 Å². The Balaban J connectivity index is 2.25. The van der Waals surface area contributed by atoms with Gasteiger partial charge in [0.25, 0.3) is 0 Å². The molecule has 0 unspecified atom stereocenters. The molecule has 0 saturated heterocycles. The van der Waals surface area contributed by atoms with Crippen LogP contribution >= 0.6 is 23.2 Å². The molecule has 0 saturated carbocycles. The van der Waals surface area contributed by atoms with Crippen molar-refractivity contribution in [2.24, 2.45) is 0 Å². The average molecular weight is 445 g/mol. The van der Waals surface area contributed by atoms with Crippen molar-refractivity contribution in [3.05, 3.63) is 52.0 Å². The zero-order valence-electron chi connectivity index (χ0n) is 16.0. The van der Waals surface area contributed by atoms with Crippen molar-refractivity contribution in [1.29, 1.82) is 0 Å². The third kappa shape index (κ3) is 5.17. The zero-order valence-corrected chi connectivity index (χ0v) is 18.3. The molecule has 0 aliphatic heterocycles. The molecule has 0 aliphatic carbocycles. The first-order chi connectivity index (χ1) is 13.1. The van der Waals surface area contributed by atoms with E-state index in [1.807, 2.05) is 19.9 Å². The Labute approximate surface area is 175 Å². The van der Waals surface area contributed by atoms with Gasteiger partial charge in [-0.1, -0.05) is 43.1 Å². The number of likely N-dealkylation sites (N-methyl/N-ethyl adjacent to an activating group) is 1. The van der Waals surface area contributed by atoms with Crippen LogP contribution in [0.15, 0.2) is 41.3 Å². The number of halogens is 2. The number of carbonyl (C=O) groups excluding carboxylic acids is 1. The molecule has 2 rings (SSSR count). The molecular weight excluding hydrogens is 423 g/mol. The van der Waals surface area contributed by atoms with Crippen molar-refractivity contribution in [2.75, 3.05) is 26.0 Å². The Morgan fingerprint density at radius 1 is 1.18 bits per heavy atom. The van der Waals surface area contributed by atoms with Gasteiger partial charge in [0.2, 0.25) is 15.9 Å². The molecule has 6 nitrogen and oxygen atoms in total. The zero-order chi connectivity index (χ0) is 21.1. The van der Waals surface area contributed by atoms with Crippen molar-refractivity contribution in [3.63, 3.8) is 0 Å². The number of ether oxygens (including phenoxy) is 1. The highest BCUT2D eigenvalue weighted by molar-refractivity contribution is 7.89. The summed E-state index contributed by atoms with van der Waals surface area (Å²) in [4.78, 5) is 12.4. The molecule has 0 heterocycles. The Kier molecular flexibility index (Phi) is 7.33. The number of rotatable bonds is 7. The molecule has 0 aliphatic rings. The summed E-state index contributed by atoms with van der Waals surface area (Å²) in [5.74, 6) is -0.192. The lowest BCUT2D eigenvalue weighted by molar-refractivity contribution is -0.116. The van der Waals surface area contributed by atoms with Crippen LogP contribution in [0.25, 0.3) is 0 Å². The minimum absolute atomic E-state index is 0.0114. The first kappa shape index (κ1) is 22.5. The van der Waals surface area contributed by atoms with E-state index in [4.69, 9.17) is 27.9 Å². The monoisotopic (exact) mass is 444 g/mol. The van der Waals surface area contributed by atoms with E-state index in [0.717, 1.165) is 9.87 Å². The Morgan fingerprint density at radius 2 is 1.86 bits per heavy atom.